The predicted octanol–water partition coefficient (Wildman–Crippen LogP) is 2.02. The third-order valence-corrected chi connectivity index (χ3v) is 7.53. The molecule has 1 atom stereocenters. The van der Waals surface area contributed by atoms with Crippen LogP contribution in [0.25, 0.3) is 0 Å². The van der Waals surface area contributed by atoms with Gasteiger partial charge in [0.15, 0.2) is 9.84 Å². The fourth-order valence-electron chi connectivity index (χ4n) is 3.29. The van der Waals surface area contributed by atoms with Gasteiger partial charge in [0, 0.05) is 23.5 Å². The second-order valence-corrected chi connectivity index (χ2v) is 10.2. The largest absolute Gasteiger partial charge is 0.334 e. The third-order valence-electron chi connectivity index (χ3n) is 5.04. The summed E-state index contributed by atoms with van der Waals surface area (Å²) in [4.78, 5) is 17.9. The highest BCUT2D eigenvalue weighted by atomic mass is 32.2. The van der Waals surface area contributed by atoms with Gasteiger partial charge >= 0.3 is 0 Å². The van der Waals surface area contributed by atoms with Gasteiger partial charge in [-0.3, -0.25) is 9.69 Å². The monoisotopic (exact) mass is 382 g/mol. The summed E-state index contributed by atoms with van der Waals surface area (Å²) in [7, 11) is -1.06. The highest BCUT2D eigenvalue weighted by Gasteiger charge is 2.35. The first-order valence-corrected chi connectivity index (χ1v) is 11.8. The molecule has 0 bridgehead atoms. The first kappa shape index (κ1) is 18.7. The van der Waals surface area contributed by atoms with Gasteiger partial charge in [0.05, 0.1) is 18.1 Å². The van der Waals surface area contributed by atoms with Crippen LogP contribution in [0.5, 0.6) is 0 Å². The number of benzene rings is 1. The predicted molar refractivity (Wildman–Crippen MR) is 101 cm³/mol. The van der Waals surface area contributed by atoms with Crippen LogP contribution in [0.3, 0.4) is 0 Å². The minimum absolute atomic E-state index is 0.0316. The molecule has 1 aromatic carbocycles. The van der Waals surface area contributed by atoms with Crippen LogP contribution < -0.4 is 0 Å². The smallest absolute Gasteiger partial charge is 0.237 e. The lowest BCUT2D eigenvalue weighted by molar-refractivity contribution is -0.133. The summed E-state index contributed by atoms with van der Waals surface area (Å²) in [6.45, 7) is 0.925. The normalized spacial score (nSPS) is 22.3. The number of amides is 1. The van der Waals surface area contributed by atoms with E-state index in [1.165, 1.54) is 4.90 Å². The average Bonchev–Trinajstić information content (AvgIpc) is 3.35. The summed E-state index contributed by atoms with van der Waals surface area (Å²) in [5, 5.41) is 0. The molecular formula is C18H26N2O3S2. The van der Waals surface area contributed by atoms with Crippen molar-refractivity contribution in [3.63, 3.8) is 0 Å². The van der Waals surface area contributed by atoms with E-state index in [4.69, 9.17) is 0 Å². The topological polar surface area (TPSA) is 57.7 Å². The molecule has 1 saturated carbocycles. The molecule has 2 aliphatic rings. The van der Waals surface area contributed by atoms with Crippen LogP contribution in [0.1, 0.15) is 24.8 Å². The Hall–Kier alpha value is -1.05. The molecule has 0 aromatic heterocycles. The van der Waals surface area contributed by atoms with Gasteiger partial charge in [0.2, 0.25) is 5.91 Å². The van der Waals surface area contributed by atoms with E-state index in [1.807, 2.05) is 23.1 Å². The first-order valence-electron chi connectivity index (χ1n) is 8.71. The van der Waals surface area contributed by atoms with E-state index in [2.05, 4.69) is 24.3 Å². The van der Waals surface area contributed by atoms with E-state index in [1.54, 1.807) is 11.8 Å². The van der Waals surface area contributed by atoms with Gasteiger partial charge in [-0.05, 0) is 50.3 Å². The Morgan fingerprint density at radius 3 is 2.36 bits per heavy atom. The Balaban J connectivity index is 1.61. The number of nitrogens with zero attached hydrogens (tertiary/aromatic N) is 2. The minimum Gasteiger partial charge on any atom is -0.334 e. The molecule has 0 spiro atoms. The maximum Gasteiger partial charge on any atom is 0.237 e. The van der Waals surface area contributed by atoms with Crippen LogP contribution in [0, 0.1) is 0 Å². The van der Waals surface area contributed by atoms with Crippen LogP contribution in [0.15, 0.2) is 29.2 Å². The van der Waals surface area contributed by atoms with Crippen LogP contribution in [-0.4, -0.2) is 67.6 Å². The van der Waals surface area contributed by atoms with Crippen molar-refractivity contribution >= 4 is 27.5 Å². The second kappa shape index (κ2) is 7.68. The Kier molecular flexibility index (Phi) is 5.75. The van der Waals surface area contributed by atoms with Crippen LogP contribution in [0.2, 0.25) is 0 Å². The number of sulfone groups is 1. The van der Waals surface area contributed by atoms with Crippen LogP contribution in [0.4, 0.5) is 0 Å². The fourth-order valence-corrected chi connectivity index (χ4v) is 5.50. The summed E-state index contributed by atoms with van der Waals surface area (Å²) in [5.41, 5.74) is 1.14. The quantitative estimate of drug-likeness (QED) is 0.675. The number of likely N-dealkylation sites (N-methyl/N-ethyl adjacent to an activating group) is 1. The zero-order valence-corrected chi connectivity index (χ0v) is 16.5. The highest BCUT2D eigenvalue weighted by Crippen LogP contribution is 2.29. The van der Waals surface area contributed by atoms with Crippen LogP contribution in [-0.2, 0) is 21.2 Å². The molecule has 0 unspecified atom stereocenters. The number of rotatable bonds is 7. The lowest BCUT2D eigenvalue weighted by atomic mass is 10.2. The van der Waals surface area contributed by atoms with Crippen molar-refractivity contribution in [1.29, 1.82) is 0 Å². The number of thioether (sulfide) groups is 1. The molecule has 1 aromatic rings. The molecule has 1 saturated heterocycles. The average molecular weight is 383 g/mol. The van der Waals surface area contributed by atoms with Crippen molar-refractivity contribution in [2.24, 2.45) is 0 Å². The summed E-state index contributed by atoms with van der Waals surface area (Å²) in [6, 6.07) is 8.66. The fraction of sp³-hybridized carbons (Fsp3) is 0.611. The molecule has 25 heavy (non-hydrogen) atoms. The van der Waals surface area contributed by atoms with Crippen molar-refractivity contribution < 1.29 is 13.2 Å². The van der Waals surface area contributed by atoms with E-state index in [9.17, 15) is 13.2 Å². The molecule has 1 heterocycles. The summed E-state index contributed by atoms with van der Waals surface area (Å²) < 4.78 is 23.3. The van der Waals surface area contributed by atoms with Crippen molar-refractivity contribution in [1.82, 2.24) is 9.80 Å². The van der Waals surface area contributed by atoms with Gasteiger partial charge in [0.25, 0.3) is 0 Å². The Labute approximate surface area is 154 Å². The maximum absolute atomic E-state index is 12.8. The van der Waals surface area contributed by atoms with E-state index in [0.29, 0.717) is 25.6 Å². The van der Waals surface area contributed by atoms with E-state index >= 15 is 0 Å². The second-order valence-electron chi connectivity index (χ2n) is 7.07. The molecule has 2 fully saturated rings. The van der Waals surface area contributed by atoms with E-state index < -0.39 is 9.84 Å². The van der Waals surface area contributed by atoms with Crippen molar-refractivity contribution in [3.8, 4) is 0 Å². The third kappa shape index (κ3) is 4.99. The van der Waals surface area contributed by atoms with Gasteiger partial charge in [-0.25, -0.2) is 8.42 Å². The molecule has 1 aliphatic carbocycles. The molecule has 7 heteroatoms. The van der Waals surface area contributed by atoms with Gasteiger partial charge in [-0.15, -0.1) is 11.8 Å². The number of hydrogen-bond donors (Lipinski definition) is 0. The number of carbonyl (C=O) groups is 1. The zero-order valence-electron chi connectivity index (χ0n) is 14.8. The molecule has 0 radical (unpaired) electrons. The lowest BCUT2D eigenvalue weighted by Gasteiger charge is -2.28. The molecule has 5 nitrogen and oxygen atoms in total. The Morgan fingerprint density at radius 2 is 1.84 bits per heavy atom. The molecule has 3 rings (SSSR count). The Morgan fingerprint density at radius 1 is 1.16 bits per heavy atom. The molecule has 1 amide bonds. The van der Waals surface area contributed by atoms with E-state index in [0.717, 1.165) is 18.4 Å². The lowest BCUT2D eigenvalue weighted by Crippen LogP contribution is -2.43. The standard InChI is InChI=1S/C18H26N2O3S2/c1-19(16-9-10-25(22,23)13-16)12-18(21)20(15-5-6-15)11-14-3-7-17(24-2)8-4-14/h3-4,7-8,15-16H,5-6,9-13H2,1-2H3/t16-/m0/s1. The molecule has 1 aliphatic heterocycles. The number of carbonyl (C=O) groups excluding carboxylic acids is 1. The van der Waals surface area contributed by atoms with Crippen molar-refractivity contribution in [2.45, 2.75) is 42.8 Å². The molecular weight excluding hydrogens is 356 g/mol. The summed E-state index contributed by atoms with van der Waals surface area (Å²) >= 11 is 1.71. The summed E-state index contributed by atoms with van der Waals surface area (Å²) in [6.07, 6.45) is 4.81. The van der Waals surface area contributed by atoms with Gasteiger partial charge < -0.3 is 4.90 Å². The van der Waals surface area contributed by atoms with Gasteiger partial charge in [-0.2, -0.15) is 0 Å². The van der Waals surface area contributed by atoms with Gasteiger partial charge in [-0.1, -0.05) is 12.1 Å². The van der Waals surface area contributed by atoms with Crippen LogP contribution >= 0.6 is 11.8 Å². The van der Waals surface area contributed by atoms with Gasteiger partial charge in [0.1, 0.15) is 0 Å². The van der Waals surface area contributed by atoms with Crippen molar-refractivity contribution in [3.05, 3.63) is 29.8 Å². The minimum atomic E-state index is -2.92. The first-order chi connectivity index (χ1) is 11.9. The molecule has 138 valence electrons. The van der Waals surface area contributed by atoms with E-state index in [-0.39, 0.29) is 23.5 Å². The zero-order chi connectivity index (χ0) is 18.0. The number of hydrogen-bond acceptors (Lipinski definition) is 5. The van der Waals surface area contributed by atoms with Crippen molar-refractivity contribution in [2.75, 3.05) is 31.4 Å². The maximum atomic E-state index is 12.8. The SMILES string of the molecule is CSc1ccc(CN(C(=O)CN(C)[C@H]2CCS(=O)(=O)C2)C2CC2)cc1. The Bertz CT molecular complexity index is 714. The summed E-state index contributed by atoms with van der Waals surface area (Å²) in [5.74, 6) is 0.518. The molecule has 0 N–H and O–H groups in total. The highest BCUT2D eigenvalue weighted by molar-refractivity contribution is 7.98.